The van der Waals surface area contributed by atoms with Gasteiger partial charge in [0.1, 0.15) is 5.75 Å². The summed E-state index contributed by atoms with van der Waals surface area (Å²) in [5.74, 6) is 0.410. The van der Waals surface area contributed by atoms with Crippen LogP contribution in [0.25, 0.3) is 0 Å². The van der Waals surface area contributed by atoms with Gasteiger partial charge in [-0.25, -0.2) is 0 Å². The molecule has 0 aliphatic carbocycles. The molecule has 1 aromatic rings. The Kier molecular flexibility index (Phi) is 5.23. The quantitative estimate of drug-likeness (QED) is 0.884. The van der Waals surface area contributed by atoms with Gasteiger partial charge in [0.25, 0.3) is 0 Å². The van der Waals surface area contributed by atoms with Gasteiger partial charge in [-0.3, -0.25) is 4.90 Å². The number of hydrogen-bond acceptors (Lipinski definition) is 3. The molecule has 1 aliphatic rings. The number of nitrogens with zero attached hydrogens (tertiary/aromatic N) is 1. The zero-order valence-corrected chi connectivity index (χ0v) is 12.0. The Morgan fingerprint density at radius 1 is 1.37 bits per heavy atom. The van der Waals surface area contributed by atoms with Gasteiger partial charge in [0.2, 0.25) is 0 Å². The first-order chi connectivity index (χ1) is 9.26. The highest BCUT2D eigenvalue weighted by molar-refractivity contribution is 5.34. The molecule has 19 heavy (non-hydrogen) atoms. The summed E-state index contributed by atoms with van der Waals surface area (Å²) >= 11 is 0. The smallest absolute Gasteiger partial charge is 0.120 e. The average molecular weight is 263 g/mol. The molecule has 3 nitrogen and oxygen atoms in total. The van der Waals surface area contributed by atoms with E-state index in [1.807, 2.05) is 18.2 Å². The first-order valence-corrected chi connectivity index (χ1v) is 7.39. The maximum Gasteiger partial charge on any atom is 0.120 e. The van der Waals surface area contributed by atoms with Crippen molar-refractivity contribution in [3.8, 4) is 5.75 Å². The second-order valence-electron chi connectivity index (χ2n) is 5.20. The number of hydrogen-bond donors (Lipinski definition) is 1. The van der Waals surface area contributed by atoms with Gasteiger partial charge in [0, 0.05) is 24.8 Å². The van der Waals surface area contributed by atoms with E-state index < -0.39 is 0 Å². The van der Waals surface area contributed by atoms with Crippen LogP contribution in [0.2, 0.25) is 0 Å². The lowest BCUT2D eigenvalue weighted by atomic mass is 9.98. The molecule has 1 saturated heterocycles. The number of benzene rings is 1. The molecule has 1 aromatic carbocycles. The largest absolute Gasteiger partial charge is 0.508 e. The maximum absolute atomic E-state index is 10.1. The van der Waals surface area contributed by atoms with E-state index >= 15 is 0 Å². The fourth-order valence-electron chi connectivity index (χ4n) is 3.07. The molecule has 1 heterocycles. The highest BCUT2D eigenvalue weighted by atomic mass is 16.5. The van der Waals surface area contributed by atoms with Gasteiger partial charge in [-0.15, -0.1) is 0 Å². The predicted octanol–water partition coefficient (Wildman–Crippen LogP) is 3.34. The molecule has 0 amide bonds. The molecule has 3 heteroatoms. The van der Waals surface area contributed by atoms with Crippen molar-refractivity contribution in [3.05, 3.63) is 29.8 Å². The third kappa shape index (κ3) is 3.48. The van der Waals surface area contributed by atoms with E-state index in [0.717, 1.165) is 38.1 Å². The van der Waals surface area contributed by atoms with Crippen molar-refractivity contribution in [3.63, 3.8) is 0 Å². The second-order valence-corrected chi connectivity index (χ2v) is 5.20. The number of likely N-dealkylation sites (tertiary alicyclic amines) is 1. The molecule has 0 aromatic heterocycles. The van der Waals surface area contributed by atoms with Crippen LogP contribution in [0.5, 0.6) is 5.75 Å². The van der Waals surface area contributed by atoms with Crippen LogP contribution in [0.1, 0.15) is 44.7 Å². The van der Waals surface area contributed by atoms with Crippen LogP contribution in [0, 0.1) is 0 Å². The van der Waals surface area contributed by atoms with E-state index in [4.69, 9.17) is 4.74 Å². The molecular weight excluding hydrogens is 238 g/mol. The molecule has 0 bridgehead atoms. The van der Waals surface area contributed by atoms with Crippen LogP contribution in [0.15, 0.2) is 24.3 Å². The minimum Gasteiger partial charge on any atom is -0.508 e. The lowest BCUT2D eigenvalue weighted by Gasteiger charge is -2.38. The highest BCUT2D eigenvalue weighted by Crippen LogP contribution is 2.33. The first kappa shape index (κ1) is 14.4. The van der Waals surface area contributed by atoms with Crippen LogP contribution < -0.4 is 0 Å². The van der Waals surface area contributed by atoms with Crippen LogP contribution >= 0.6 is 0 Å². The summed E-state index contributed by atoms with van der Waals surface area (Å²) in [6.45, 7) is 7.09. The van der Waals surface area contributed by atoms with Crippen molar-refractivity contribution in [2.24, 2.45) is 0 Å². The van der Waals surface area contributed by atoms with Gasteiger partial charge >= 0.3 is 0 Å². The fraction of sp³-hybridized carbons (Fsp3) is 0.625. The number of rotatable bonds is 5. The fourth-order valence-corrected chi connectivity index (χ4v) is 3.07. The monoisotopic (exact) mass is 263 g/mol. The lowest BCUT2D eigenvalue weighted by Crippen LogP contribution is -2.41. The normalized spacial score (nSPS) is 22.3. The lowest BCUT2D eigenvalue weighted by molar-refractivity contribution is -0.00859. The summed E-state index contributed by atoms with van der Waals surface area (Å²) < 4.78 is 5.77. The zero-order valence-electron chi connectivity index (χ0n) is 12.0. The van der Waals surface area contributed by atoms with Crippen LogP contribution in [0.3, 0.4) is 0 Å². The van der Waals surface area contributed by atoms with Crippen molar-refractivity contribution >= 4 is 0 Å². The van der Waals surface area contributed by atoms with Crippen LogP contribution in [-0.4, -0.2) is 35.8 Å². The van der Waals surface area contributed by atoms with Gasteiger partial charge in [-0.05, 0) is 38.8 Å². The van der Waals surface area contributed by atoms with Crippen molar-refractivity contribution < 1.29 is 9.84 Å². The number of phenols is 1. The number of ether oxygens (including phenoxy) is 1. The van der Waals surface area contributed by atoms with Gasteiger partial charge < -0.3 is 9.84 Å². The van der Waals surface area contributed by atoms with E-state index in [0.29, 0.717) is 17.9 Å². The van der Waals surface area contributed by atoms with Crippen molar-refractivity contribution in [1.82, 2.24) is 4.90 Å². The molecule has 2 rings (SSSR count). The van der Waals surface area contributed by atoms with Crippen molar-refractivity contribution in [1.29, 1.82) is 0 Å². The van der Waals surface area contributed by atoms with E-state index in [1.54, 1.807) is 6.07 Å². The Bertz CT molecular complexity index is 392. The Morgan fingerprint density at radius 3 is 2.84 bits per heavy atom. The summed E-state index contributed by atoms with van der Waals surface area (Å²) in [5, 5.41) is 10.1. The van der Waals surface area contributed by atoms with E-state index in [2.05, 4.69) is 18.7 Å². The second kappa shape index (κ2) is 6.92. The van der Waals surface area contributed by atoms with Crippen molar-refractivity contribution in [2.75, 3.05) is 19.7 Å². The molecular formula is C16H25NO2. The number of piperidine rings is 1. The standard InChI is InChI=1S/C16H25NO2/c1-3-15(14-9-5-6-10-16(14)18)17-11-7-8-13(12-17)19-4-2/h5-6,9-10,13,15,18H,3-4,7-8,11-12H2,1-2H3. The predicted molar refractivity (Wildman–Crippen MR) is 77.4 cm³/mol. The summed E-state index contributed by atoms with van der Waals surface area (Å²) in [6, 6.07) is 7.99. The maximum atomic E-state index is 10.1. The Hall–Kier alpha value is -1.06. The van der Waals surface area contributed by atoms with Crippen molar-refractivity contribution in [2.45, 2.75) is 45.3 Å². The molecule has 0 radical (unpaired) electrons. The summed E-state index contributed by atoms with van der Waals surface area (Å²) in [5.41, 5.74) is 1.04. The summed E-state index contributed by atoms with van der Waals surface area (Å²) in [7, 11) is 0. The minimum absolute atomic E-state index is 0.296. The Labute approximate surface area is 116 Å². The minimum atomic E-state index is 0.296. The molecule has 2 unspecified atom stereocenters. The average Bonchev–Trinajstić information content (AvgIpc) is 2.43. The Morgan fingerprint density at radius 2 is 2.16 bits per heavy atom. The molecule has 0 spiro atoms. The zero-order chi connectivity index (χ0) is 13.7. The molecule has 1 aliphatic heterocycles. The van der Waals surface area contributed by atoms with Crippen LogP contribution in [-0.2, 0) is 4.74 Å². The molecule has 1 N–H and O–H groups in total. The molecule has 0 saturated carbocycles. The van der Waals surface area contributed by atoms with Gasteiger partial charge in [-0.2, -0.15) is 0 Å². The van der Waals surface area contributed by atoms with Gasteiger partial charge in [0.15, 0.2) is 0 Å². The van der Waals surface area contributed by atoms with E-state index in [-0.39, 0.29) is 0 Å². The van der Waals surface area contributed by atoms with E-state index in [9.17, 15) is 5.11 Å². The summed E-state index contributed by atoms with van der Waals surface area (Å²) in [4.78, 5) is 2.46. The van der Waals surface area contributed by atoms with E-state index in [1.165, 1.54) is 6.42 Å². The Balaban J connectivity index is 2.11. The number of phenolic OH excluding ortho intramolecular Hbond substituents is 1. The molecule has 1 fully saturated rings. The number of para-hydroxylation sites is 1. The van der Waals surface area contributed by atoms with Crippen LogP contribution in [0.4, 0.5) is 0 Å². The number of aromatic hydroxyl groups is 1. The summed E-state index contributed by atoms with van der Waals surface area (Å²) in [6.07, 6.45) is 3.69. The topological polar surface area (TPSA) is 32.7 Å². The van der Waals surface area contributed by atoms with Gasteiger partial charge in [-0.1, -0.05) is 25.1 Å². The molecule has 2 atom stereocenters. The highest BCUT2D eigenvalue weighted by Gasteiger charge is 2.27. The van der Waals surface area contributed by atoms with Gasteiger partial charge in [0.05, 0.1) is 6.10 Å². The third-order valence-electron chi connectivity index (χ3n) is 3.94. The third-order valence-corrected chi connectivity index (χ3v) is 3.94. The SMILES string of the molecule is CCOC1CCCN(C(CC)c2ccccc2O)C1. The first-order valence-electron chi connectivity index (χ1n) is 7.39. The molecule has 106 valence electrons.